The molecule has 6 nitrogen and oxygen atoms in total. The smallest absolute Gasteiger partial charge is 0.254 e. The third-order valence-electron chi connectivity index (χ3n) is 5.68. The number of rotatable bonds is 5. The highest BCUT2D eigenvalue weighted by atomic mass is 16.5. The van der Waals surface area contributed by atoms with Crippen molar-refractivity contribution in [3.8, 4) is 11.5 Å². The molecule has 1 N–H and O–H groups in total. The lowest BCUT2D eigenvalue weighted by Gasteiger charge is -2.39. The summed E-state index contributed by atoms with van der Waals surface area (Å²) in [6.07, 6.45) is 0. The molecular weight excluding hydrogens is 392 g/mol. The number of amides is 2. The van der Waals surface area contributed by atoms with Crippen LogP contribution in [0.25, 0.3) is 0 Å². The van der Waals surface area contributed by atoms with Crippen LogP contribution < -0.4 is 14.8 Å². The summed E-state index contributed by atoms with van der Waals surface area (Å²) < 4.78 is 10.5. The fourth-order valence-corrected chi connectivity index (χ4v) is 4.07. The standard InChI is InChI=1S/C25H24N2O4/c1-27-23(16-8-12-18(30-2)13-9-16)22(20-6-4-5-7-21(20)25(27)29)24(28)26-17-10-14-19(31-3)15-11-17/h4-15,22-23H,1-3H3,(H,26,28)/t22-,23-/m1/s1. The number of hydrogen-bond donors (Lipinski definition) is 1. The first-order chi connectivity index (χ1) is 15.0. The van der Waals surface area contributed by atoms with Crippen molar-refractivity contribution in [2.75, 3.05) is 26.6 Å². The van der Waals surface area contributed by atoms with Gasteiger partial charge in [-0.2, -0.15) is 0 Å². The Bertz CT molecular complexity index is 1090. The van der Waals surface area contributed by atoms with E-state index in [4.69, 9.17) is 9.47 Å². The maximum absolute atomic E-state index is 13.5. The number of fused-ring (bicyclic) bond motifs is 1. The summed E-state index contributed by atoms with van der Waals surface area (Å²) in [6, 6.07) is 21.5. The number of methoxy groups -OCH3 is 2. The number of nitrogens with zero attached hydrogens (tertiary/aromatic N) is 1. The Morgan fingerprint density at radius 2 is 1.45 bits per heavy atom. The van der Waals surface area contributed by atoms with E-state index < -0.39 is 12.0 Å². The topological polar surface area (TPSA) is 67.9 Å². The summed E-state index contributed by atoms with van der Waals surface area (Å²) in [5, 5.41) is 3.00. The Morgan fingerprint density at radius 3 is 2.06 bits per heavy atom. The summed E-state index contributed by atoms with van der Waals surface area (Å²) in [5.74, 6) is 0.563. The van der Waals surface area contributed by atoms with Crippen LogP contribution in [0.15, 0.2) is 72.8 Å². The SMILES string of the molecule is COc1ccc(NC(=O)[C@@H]2c3ccccc3C(=O)N(C)[C@@H]2c2ccc(OC)cc2)cc1. The molecule has 6 heteroatoms. The van der Waals surface area contributed by atoms with Crippen molar-refractivity contribution in [1.29, 1.82) is 0 Å². The van der Waals surface area contributed by atoms with Gasteiger partial charge in [0.1, 0.15) is 11.5 Å². The Morgan fingerprint density at radius 1 is 0.871 bits per heavy atom. The minimum Gasteiger partial charge on any atom is -0.497 e. The Balaban J connectivity index is 1.75. The molecule has 31 heavy (non-hydrogen) atoms. The van der Waals surface area contributed by atoms with Gasteiger partial charge >= 0.3 is 0 Å². The van der Waals surface area contributed by atoms with Crippen LogP contribution in [0.1, 0.15) is 33.4 Å². The molecular formula is C25H24N2O4. The van der Waals surface area contributed by atoms with Gasteiger partial charge in [0.2, 0.25) is 5.91 Å². The van der Waals surface area contributed by atoms with E-state index >= 15 is 0 Å². The number of ether oxygens (including phenoxy) is 2. The van der Waals surface area contributed by atoms with E-state index in [-0.39, 0.29) is 11.8 Å². The van der Waals surface area contributed by atoms with Crippen molar-refractivity contribution in [3.63, 3.8) is 0 Å². The first-order valence-corrected chi connectivity index (χ1v) is 9.98. The number of benzene rings is 3. The molecule has 1 heterocycles. The number of nitrogens with one attached hydrogen (secondary N) is 1. The van der Waals surface area contributed by atoms with E-state index in [9.17, 15) is 9.59 Å². The van der Waals surface area contributed by atoms with Crippen molar-refractivity contribution in [3.05, 3.63) is 89.5 Å². The molecule has 0 saturated carbocycles. The van der Waals surface area contributed by atoms with Crippen LogP contribution in [0.5, 0.6) is 11.5 Å². The largest absolute Gasteiger partial charge is 0.497 e. The minimum absolute atomic E-state index is 0.107. The van der Waals surface area contributed by atoms with Crippen molar-refractivity contribution in [1.82, 2.24) is 4.90 Å². The molecule has 0 spiro atoms. The average Bonchev–Trinajstić information content (AvgIpc) is 2.81. The van der Waals surface area contributed by atoms with Crippen molar-refractivity contribution in [2.24, 2.45) is 0 Å². The van der Waals surface area contributed by atoms with Crippen LogP contribution in [0, 0.1) is 0 Å². The fraction of sp³-hybridized carbons (Fsp3) is 0.200. The van der Waals surface area contributed by atoms with Gasteiger partial charge < -0.3 is 19.7 Å². The molecule has 1 aliphatic rings. The summed E-state index contributed by atoms with van der Waals surface area (Å²) in [5.41, 5.74) is 2.79. The highest BCUT2D eigenvalue weighted by Crippen LogP contribution is 2.42. The Kier molecular flexibility index (Phi) is 5.62. The van der Waals surface area contributed by atoms with E-state index in [0.717, 1.165) is 11.1 Å². The first kappa shape index (κ1) is 20.5. The molecule has 0 aliphatic carbocycles. The number of carbonyl (C=O) groups excluding carboxylic acids is 2. The van der Waals surface area contributed by atoms with Crippen molar-refractivity contribution in [2.45, 2.75) is 12.0 Å². The number of carbonyl (C=O) groups is 2. The van der Waals surface area contributed by atoms with Gasteiger partial charge in [0.05, 0.1) is 26.2 Å². The third kappa shape index (κ3) is 3.84. The van der Waals surface area contributed by atoms with Crippen LogP contribution >= 0.6 is 0 Å². The average molecular weight is 416 g/mol. The van der Waals surface area contributed by atoms with Gasteiger partial charge in [0.25, 0.3) is 5.91 Å². The molecule has 158 valence electrons. The molecule has 0 fully saturated rings. The fourth-order valence-electron chi connectivity index (χ4n) is 4.07. The highest BCUT2D eigenvalue weighted by Gasteiger charge is 2.42. The van der Waals surface area contributed by atoms with E-state index in [0.29, 0.717) is 22.7 Å². The van der Waals surface area contributed by atoms with Crippen LogP contribution in [-0.2, 0) is 4.79 Å². The predicted molar refractivity (Wildman–Crippen MR) is 119 cm³/mol. The predicted octanol–water partition coefficient (Wildman–Crippen LogP) is 4.25. The van der Waals surface area contributed by atoms with Gasteiger partial charge in [-0.15, -0.1) is 0 Å². The molecule has 0 radical (unpaired) electrons. The van der Waals surface area contributed by atoms with E-state index in [2.05, 4.69) is 5.32 Å². The van der Waals surface area contributed by atoms with Crippen LogP contribution in [0.3, 0.4) is 0 Å². The van der Waals surface area contributed by atoms with Gasteiger partial charge in [-0.1, -0.05) is 30.3 Å². The van der Waals surface area contributed by atoms with E-state index in [1.165, 1.54) is 0 Å². The molecule has 4 rings (SSSR count). The molecule has 2 amide bonds. The minimum atomic E-state index is -0.575. The Labute approximate surface area is 181 Å². The summed E-state index contributed by atoms with van der Waals surface area (Å²) in [6.45, 7) is 0. The zero-order chi connectivity index (χ0) is 22.0. The maximum Gasteiger partial charge on any atom is 0.254 e. The monoisotopic (exact) mass is 416 g/mol. The van der Waals surface area contributed by atoms with Crippen molar-refractivity contribution >= 4 is 17.5 Å². The lowest BCUT2D eigenvalue weighted by atomic mass is 9.79. The molecule has 0 unspecified atom stereocenters. The second kappa shape index (κ2) is 8.52. The highest BCUT2D eigenvalue weighted by molar-refractivity contribution is 6.04. The zero-order valence-electron chi connectivity index (χ0n) is 17.7. The van der Waals surface area contributed by atoms with E-state index in [1.807, 2.05) is 42.5 Å². The zero-order valence-corrected chi connectivity index (χ0v) is 17.7. The van der Waals surface area contributed by atoms with Gasteiger partial charge in [-0.25, -0.2) is 0 Å². The van der Waals surface area contributed by atoms with Crippen molar-refractivity contribution < 1.29 is 19.1 Å². The molecule has 3 aromatic carbocycles. The first-order valence-electron chi connectivity index (χ1n) is 9.98. The lowest BCUT2D eigenvalue weighted by Crippen LogP contribution is -2.44. The van der Waals surface area contributed by atoms with Gasteiger partial charge in [-0.3, -0.25) is 9.59 Å². The van der Waals surface area contributed by atoms with Gasteiger partial charge in [-0.05, 0) is 53.6 Å². The second-order valence-electron chi connectivity index (χ2n) is 7.42. The lowest BCUT2D eigenvalue weighted by molar-refractivity contribution is -0.119. The number of hydrogen-bond acceptors (Lipinski definition) is 4. The third-order valence-corrected chi connectivity index (χ3v) is 5.68. The van der Waals surface area contributed by atoms with Crippen LogP contribution in [0.4, 0.5) is 5.69 Å². The second-order valence-corrected chi connectivity index (χ2v) is 7.42. The summed E-state index contributed by atoms with van der Waals surface area (Å²) in [7, 11) is 4.94. The van der Waals surface area contributed by atoms with Crippen LogP contribution in [0.2, 0.25) is 0 Å². The number of anilines is 1. The molecule has 3 aromatic rings. The van der Waals surface area contributed by atoms with E-state index in [1.54, 1.807) is 56.5 Å². The Hall–Kier alpha value is -3.80. The summed E-state index contributed by atoms with van der Waals surface area (Å²) in [4.78, 5) is 28.3. The molecule has 2 atom stereocenters. The molecule has 0 aromatic heterocycles. The van der Waals surface area contributed by atoms with Gasteiger partial charge in [0, 0.05) is 18.3 Å². The molecule has 1 aliphatic heterocycles. The molecule has 0 saturated heterocycles. The van der Waals surface area contributed by atoms with Crippen LogP contribution in [-0.4, -0.2) is 38.0 Å². The normalized spacial score (nSPS) is 17.6. The quantitative estimate of drug-likeness (QED) is 0.675. The maximum atomic E-state index is 13.5. The number of likely N-dealkylation sites (N-methyl/N-ethyl adjacent to an activating group) is 1. The summed E-state index contributed by atoms with van der Waals surface area (Å²) >= 11 is 0. The van der Waals surface area contributed by atoms with Gasteiger partial charge in [0.15, 0.2) is 0 Å². The molecule has 0 bridgehead atoms.